The summed E-state index contributed by atoms with van der Waals surface area (Å²) in [4.78, 5) is 4.37. The Morgan fingerprint density at radius 3 is 2.68 bits per heavy atom. The van der Waals surface area contributed by atoms with Gasteiger partial charge in [0.2, 0.25) is 0 Å². The molecule has 1 aliphatic rings. The van der Waals surface area contributed by atoms with Crippen LogP contribution in [0.5, 0.6) is 0 Å². The van der Waals surface area contributed by atoms with Crippen LogP contribution in [0.2, 0.25) is 0 Å². The van der Waals surface area contributed by atoms with Crippen molar-refractivity contribution in [3.8, 4) is 11.5 Å². The van der Waals surface area contributed by atoms with Crippen molar-refractivity contribution in [2.75, 3.05) is 0 Å². The minimum atomic E-state index is -2.66. The van der Waals surface area contributed by atoms with Gasteiger partial charge in [-0.15, -0.1) is 0 Å². The largest absolute Gasteiger partial charge is 0.333 e. The molecule has 0 bridgehead atoms. The maximum Gasteiger partial charge on any atom is 0.333 e. The van der Waals surface area contributed by atoms with Crippen LogP contribution in [0, 0.1) is 6.92 Å². The maximum atomic E-state index is 12.7. The Balaban J connectivity index is 2.04. The molecule has 102 valence electrons. The summed E-state index contributed by atoms with van der Waals surface area (Å²) in [6, 6.07) is 1.58. The first-order chi connectivity index (χ1) is 8.97. The lowest BCUT2D eigenvalue weighted by molar-refractivity contribution is -0.0984. The highest BCUT2D eigenvalue weighted by Crippen LogP contribution is 2.27. The van der Waals surface area contributed by atoms with Crippen LogP contribution in [0.4, 0.5) is 8.78 Å². The van der Waals surface area contributed by atoms with Gasteiger partial charge < -0.3 is 9.77 Å². The Morgan fingerprint density at radius 1 is 1.37 bits per heavy atom. The number of nitrogens with zero attached hydrogens (tertiary/aromatic N) is 5. The van der Waals surface area contributed by atoms with Crippen LogP contribution in [-0.2, 0) is 20.1 Å². The molecule has 1 aliphatic heterocycles. The smallest absolute Gasteiger partial charge is 0.328 e. The third-order valence-corrected chi connectivity index (χ3v) is 3.30. The Labute approximate surface area is 107 Å². The number of imidazole rings is 1. The molecule has 6 nitrogen and oxygen atoms in total. The fourth-order valence-corrected chi connectivity index (χ4v) is 2.34. The molecular weight excluding hydrogens is 256 g/mol. The van der Waals surface area contributed by atoms with Gasteiger partial charge in [0.15, 0.2) is 5.82 Å². The molecule has 0 unspecified atom stereocenters. The van der Waals surface area contributed by atoms with Crippen LogP contribution in [0.1, 0.15) is 23.6 Å². The molecule has 0 saturated heterocycles. The number of hydrogen-bond acceptors (Lipinski definition) is 4. The third kappa shape index (κ3) is 1.83. The summed E-state index contributed by atoms with van der Waals surface area (Å²) in [7, 11) is 1.79. The number of alkyl halides is 2. The highest BCUT2D eigenvalue weighted by Gasteiger charge is 2.26. The molecule has 8 heteroatoms. The lowest BCUT2D eigenvalue weighted by atomic mass is 10.3. The minimum absolute atomic E-state index is 0.345. The van der Waals surface area contributed by atoms with Gasteiger partial charge in [-0.3, -0.25) is 0 Å². The van der Waals surface area contributed by atoms with Crippen molar-refractivity contribution < 1.29 is 14.0 Å². The van der Waals surface area contributed by atoms with E-state index in [1.807, 2.05) is 0 Å². The number of rotatable bonds is 2. The van der Waals surface area contributed by atoms with Gasteiger partial charge in [0.25, 0.3) is 0 Å². The van der Waals surface area contributed by atoms with Crippen molar-refractivity contribution >= 4 is 0 Å². The summed E-state index contributed by atoms with van der Waals surface area (Å²) in [6.45, 7) is -0.353. The number of hydroxylamine groups is 2. The van der Waals surface area contributed by atoms with E-state index < -0.39 is 6.55 Å². The summed E-state index contributed by atoms with van der Waals surface area (Å²) in [6.07, 6.45) is 0. The quantitative estimate of drug-likeness (QED) is 0.901. The van der Waals surface area contributed by atoms with E-state index in [4.69, 9.17) is 0 Å². The molecule has 0 atom stereocenters. The van der Waals surface area contributed by atoms with E-state index in [0.717, 1.165) is 16.5 Å². The highest BCUT2D eigenvalue weighted by atomic mass is 19.3. The fraction of sp³-hybridized carbons (Fsp3) is 0.455. The van der Waals surface area contributed by atoms with Gasteiger partial charge in [-0.1, -0.05) is 0 Å². The van der Waals surface area contributed by atoms with Crippen molar-refractivity contribution in [2.45, 2.75) is 26.6 Å². The van der Waals surface area contributed by atoms with Gasteiger partial charge >= 0.3 is 6.55 Å². The van der Waals surface area contributed by atoms with Gasteiger partial charge in [0, 0.05) is 12.7 Å². The van der Waals surface area contributed by atoms with Crippen LogP contribution < -0.4 is 0 Å². The van der Waals surface area contributed by atoms with Gasteiger partial charge in [-0.25, -0.2) is 9.67 Å². The average molecular weight is 269 g/mol. The maximum absolute atomic E-state index is 12.7. The predicted octanol–water partition coefficient (Wildman–Crippen LogP) is 1.69. The van der Waals surface area contributed by atoms with E-state index >= 15 is 0 Å². The van der Waals surface area contributed by atoms with E-state index in [1.165, 1.54) is 0 Å². The summed E-state index contributed by atoms with van der Waals surface area (Å²) in [5, 5.41) is 14.4. The number of hydrogen-bond donors (Lipinski definition) is 1. The molecule has 0 aromatic carbocycles. The second-order valence-electron chi connectivity index (χ2n) is 4.60. The summed E-state index contributed by atoms with van der Waals surface area (Å²) in [5.41, 5.74) is 2.43. The molecule has 0 fully saturated rings. The first-order valence-corrected chi connectivity index (χ1v) is 5.80. The lowest BCUT2D eigenvalue weighted by Crippen LogP contribution is -2.12. The molecule has 1 N–H and O–H groups in total. The molecular formula is C11H13F2N5O. The Morgan fingerprint density at radius 2 is 2.11 bits per heavy atom. The lowest BCUT2D eigenvalue weighted by Gasteiger charge is -2.06. The third-order valence-electron chi connectivity index (χ3n) is 3.30. The Hall–Kier alpha value is -1.80. The zero-order chi connectivity index (χ0) is 13.7. The molecule has 2 aromatic rings. The van der Waals surface area contributed by atoms with Crippen LogP contribution in [0.25, 0.3) is 11.5 Å². The molecule has 2 aromatic heterocycles. The zero-order valence-electron chi connectivity index (χ0n) is 10.5. The van der Waals surface area contributed by atoms with Crippen LogP contribution in [0.15, 0.2) is 6.07 Å². The number of aryl methyl sites for hydroxylation is 1. The Bertz CT molecular complexity index is 633. The average Bonchev–Trinajstić information content (AvgIpc) is 2.94. The van der Waals surface area contributed by atoms with Crippen molar-refractivity contribution in [1.82, 2.24) is 24.4 Å². The highest BCUT2D eigenvalue weighted by molar-refractivity contribution is 5.52. The fourth-order valence-electron chi connectivity index (χ4n) is 2.34. The molecule has 0 saturated carbocycles. The van der Waals surface area contributed by atoms with Crippen molar-refractivity contribution in [2.24, 2.45) is 7.05 Å². The molecule has 0 radical (unpaired) electrons. The van der Waals surface area contributed by atoms with Crippen LogP contribution >= 0.6 is 0 Å². The van der Waals surface area contributed by atoms with Gasteiger partial charge in [-0.2, -0.15) is 18.9 Å². The van der Waals surface area contributed by atoms with E-state index in [-0.39, 0.29) is 0 Å². The Kier molecular flexibility index (Phi) is 2.64. The zero-order valence-corrected chi connectivity index (χ0v) is 10.5. The molecule has 19 heavy (non-hydrogen) atoms. The number of aromatic nitrogens is 4. The summed E-state index contributed by atoms with van der Waals surface area (Å²) in [5.74, 6) is 0.542. The summed E-state index contributed by atoms with van der Waals surface area (Å²) < 4.78 is 27.9. The summed E-state index contributed by atoms with van der Waals surface area (Å²) >= 11 is 0. The van der Waals surface area contributed by atoms with Gasteiger partial charge in [0.1, 0.15) is 5.69 Å². The number of halogens is 2. The van der Waals surface area contributed by atoms with E-state index in [9.17, 15) is 14.0 Å². The predicted molar refractivity (Wildman–Crippen MR) is 61.5 cm³/mol. The first kappa shape index (κ1) is 12.2. The van der Waals surface area contributed by atoms with E-state index in [1.54, 1.807) is 24.6 Å². The molecule has 3 heterocycles. The van der Waals surface area contributed by atoms with Crippen molar-refractivity contribution in [3.05, 3.63) is 23.1 Å². The van der Waals surface area contributed by atoms with Crippen LogP contribution in [-0.4, -0.2) is 29.6 Å². The molecule has 0 aliphatic carbocycles. The molecule has 3 rings (SSSR count). The normalized spacial score (nSPS) is 15.5. The van der Waals surface area contributed by atoms with E-state index in [0.29, 0.717) is 35.0 Å². The van der Waals surface area contributed by atoms with Gasteiger partial charge in [-0.05, 0) is 13.0 Å². The standard InChI is InChI=1S/C11H13F2N5O/c1-6-3-7(15-18(6)11(12)13)10-14-8-4-17(19)5-9(8)16(10)2/h3,11,19H,4-5H2,1-2H3. The van der Waals surface area contributed by atoms with Gasteiger partial charge in [0.05, 0.1) is 24.5 Å². The van der Waals surface area contributed by atoms with Crippen molar-refractivity contribution in [1.29, 1.82) is 0 Å². The van der Waals surface area contributed by atoms with Crippen LogP contribution in [0.3, 0.4) is 0 Å². The number of fused-ring (bicyclic) bond motifs is 1. The second kappa shape index (κ2) is 4.10. The minimum Gasteiger partial charge on any atom is -0.328 e. The molecule has 0 spiro atoms. The SMILES string of the molecule is Cc1cc(-c2nc3c(n2C)CN(O)C3)nn1C(F)F. The monoisotopic (exact) mass is 269 g/mol. The van der Waals surface area contributed by atoms with E-state index in [2.05, 4.69) is 10.1 Å². The molecule has 0 amide bonds. The topological polar surface area (TPSA) is 59.1 Å². The first-order valence-electron chi connectivity index (χ1n) is 5.80. The van der Waals surface area contributed by atoms with Crippen molar-refractivity contribution in [3.63, 3.8) is 0 Å². The second-order valence-corrected chi connectivity index (χ2v) is 4.60.